The zero-order valence-corrected chi connectivity index (χ0v) is 16.1. The van der Waals surface area contributed by atoms with Crippen LogP contribution in [0.5, 0.6) is 0 Å². The van der Waals surface area contributed by atoms with Crippen LogP contribution in [0.25, 0.3) is 0 Å². The minimum Gasteiger partial charge on any atom is -0.463 e. The van der Waals surface area contributed by atoms with Crippen LogP contribution in [0.3, 0.4) is 0 Å². The lowest BCUT2D eigenvalue weighted by atomic mass is 10.0. The largest absolute Gasteiger partial charge is 0.463 e. The van der Waals surface area contributed by atoms with Gasteiger partial charge < -0.3 is 14.8 Å². The molecule has 5 heteroatoms. The minimum atomic E-state index is -0.641. The molecule has 0 fully saturated rings. The highest BCUT2D eigenvalue weighted by Crippen LogP contribution is 2.18. The quantitative estimate of drug-likeness (QED) is 0.683. The average Bonchev–Trinajstić information content (AvgIpc) is 2.66. The van der Waals surface area contributed by atoms with Gasteiger partial charge in [0.15, 0.2) is 0 Å². The number of carbonyl (C=O) groups excluding carboxylic acids is 2. The molecule has 0 bridgehead atoms. The van der Waals surface area contributed by atoms with E-state index in [1.165, 1.54) is 0 Å². The maximum Gasteiger partial charge on any atom is 0.308 e. The molecule has 0 aliphatic rings. The Kier molecular flexibility index (Phi) is 8.01. The van der Waals surface area contributed by atoms with E-state index in [1.807, 2.05) is 60.7 Å². The van der Waals surface area contributed by atoms with Crippen molar-refractivity contribution < 1.29 is 19.1 Å². The van der Waals surface area contributed by atoms with Crippen LogP contribution in [-0.4, -0.2) is 24.1 Å². The van der Waals surface area contributed by atoms with Gasteiger partial charge in [-0.25, -0.2) is 0 Å². The molecular formula is C22H27NO4. The fourth-order valence-electron chi connectivity index (χ4n) is 2.58. The molecule has 2 atom stereocenters. The lowest BCUT2D eigenvalue weighted by Gasteiger charge is -2.22. The third-order valence-corrected chi connectivity index (χ3v) is 3.97. The van der Waals surface area contributed by atoms with Gasteiger partial charge in [-0.2, -0.15) is 0 Å². The van der Waals surface area contributed by atoms with Crippen LogP contribution in [0.2, 0.25) is 0 Å². The molecule has 0 aliphatic heterocycles. The summed E-state index contributed by atoms with van der Waals surface area (Å²) in [6.07, 6.45) is -0.769. The van der Waals surface area contributed by atoms with Crippen LogP contribution in [0.15, 0.2) is 60.7 Å². The fourth-order valence-corrected chi connectivity index (χ4v) is 2.58. The molecule has 0 saturated carbocycles. The number of benzene rings is 2. The summed E-state index contributed by atoms with van der Waals surface area (Å²) in [5.74, 6) is -0.617. The summed E-state index contributed by atoms with van der Waals surface area (Å²) in [6, 6.07) is 18.6. The second-order valence-electron chi connectivity index (χ2n) is 6.65. The molecule has 27 heavy (non-hydrogen) atoms. The van der Waals surface area contributed by atoms with Gasteiger partial charge in [0.2, 0.25) is 5.91 Å². The fraction of sp³-hybridized carbons (Fsp3) is 0.364. The number of hydrogen-bond acceptors (Lipinski definition) is 4. The van der Waals surface area contributed by atoms with E-state index >= 15 is 0 Å². The van der Waals surface area contributed by atoms with Crippen molar-refractivity contribution in [2.24, 2.45) is 0 Å². The summed E-state index contributed by atoms with van der Waals surface area (Å²) in [6.45, 7) is 5.65. The van der Waals surface area contributed by atoms with E-state index in [-0.39, 0.29) is 24.4 Å². The van der Waals surface area contributed by atoms with Gasteiger partial charge in [0.1, 0.15) is 6.10 Å². The summed E-state index contributed by atoms with van der Waals surface area (Å²) in [5.41, 5.74) is 1.85. The monoisotopic (exact) mass is 369 g/mol. The molecule has 2 unspecified atom stereocenters. The number of carbonyl (C=O) groups is 2. The van der Waals surface area contributed by atoms with Gasteiger partial charge in [-0.15, -0.1) is 0 Å². The van der Waals surface area contributed by atoms with Gasteiger partial charge in [0.05, 0.1) is 25.2 Å². The van der Waals surface area contributed by atoms with Crippen LogP contribution >= 0.6 is 0 Å². The topological polar surface area (TPSA) is 64.6 Å². The Bertz CT molecular complexity index is 716. The van der Waals surface area contributed by atoms with Crippen molar-refractivity contribution in [3.8, 4) is 0 Å². The van der Waals surface area contributed by atoms with Crippen molar-refractivity contribution in [2.75, 3.05) is 0 Å². The van der Waals surface area contributed by atoms with Crippen molar-refractivity contribution in [2.45, 2.75) is 52.0 Å². The number of esters is 1. The second kappa shape index (κ2) is 10.5. The molecular weight excluding hydrogens is 342 g/mol. The molecule has 0 saturated heterocycles. The van der Waals surface area contributed by atoms with E-state index in [9.17, 15) is 9.59 Å². The van der Waals surface area contributed by atoms with Crippen LogP contribution in [0.1, 0.15) is 44.4 Å². The maximum absolute atomic E-state index is 12.6. The third-order valence-electron chi connectivity index (χ3n) is 3.97. The molecule has 0 aliphatic carbocycles. The molecule has 0 aromatic heterocycles. The zero-order chi connectivity index (χ0) is 19.6. The van der Waals surface area contributed by atoms with Crippen molar-refractivity contribution in [1.29, 1.82) is 0 Å². The molecule has 2 aromatic carbocycles. The van der Waals surface area contributed by atoms with E-state index in [2.05, 4.69) is 5.32 Å². The molecule has 0 heterocycles. The SMILES string of the molecule is CC(C)OC(=O)CC(NC(=O)C(C)OCc1ccccc1)c1ccccc1. The first-order valence-electron chi connectivity index (χ1n) is 9.16. The number of rotatable bonds is 9. The van der Waals surface area contributed by atoms with Gasteiger partial charge in [0.25, 0.3) is 0 Å². The van der Waals surface area contributed by atoms with Crippen LogP contribution < -0.4 is 5.32 Å². The minimum absolute atomic E-state index is 0.0688. The van der Waals surface area contributed by atoms with Crippen molar-refractivity contribution in [3.63, 3.8) is 0 Å². The first-order valence-corrected chi connectivity index (χ1v) is 9.16. The highest BCUT2D eigenvalue weighted by molar-refractivity contribution is 5.81. The highest BCUT2D eigenvalue weighted by atomic mass is 16.5. The Hall–Kier alpha value is -2.66. The Balaban J connectivity index is 1.98. The van der Waals surface area contributed by atoms with Gasteiger partial charge >= 0.3 is 5.97 Å². The average molecular weight is 369 g/mol. The Morgan fingerprint density at radius 1 is 0.926 bits per heavy atom. The third kappa shape index (κ3) is 7.23. The Morgan fingerprint density at radius 2 is 1.52 bits per heavy atom. The lowest BCUT2D eigenvalue weighted by molar-refractivity contribution is -0.148. The predicted octanol–water partition coefficient (Wildman–Crippen LogP) is 3.79. The molecule has 2 rings (SSSR count). The molecule has 5 nitrogen and oxygen atoms in total. The van der Waals surface area contributed by atoms with E-state index in [4.69, 9.17) is 9.47 Å². The van der Waals surface area contributed by atoms with Gasteiger partial charge in [-0.1, -0.05) is 60.7 Å². The summed E-state index contributed by atoms with van der Waals surface area (Å²) >= 11 is 0. The Morgan fingerprint density at radius 3 is 2.11 bits per heavy atom. The van der Waals surface area contributed by atoms with E-state index in [0.29, 0.717) is 6.61 Å². The maximum atomic E-state index is 12.6. The Labute approximate surface area is 160 Å². The van der Waals surface area contributed by atoms with Crippen molar-refractivity contribution >= 4 is 11.9 Å². The molecule has 1 N–H and O–H groups in total. The molecule has 144 valence electrons. The smallest absolute Gasteiger partial charge is 0.308 e. The highest BCUT2D eigenvalue weighted by Gasteiger charge is 2.23. The van der Waals surface area contributed by atoms with Gasteiger partial charge in [0, 0.05) is 0 Å². The van der Waals surface area contributed by atoms with Gasteiger partial charge in [-0.3, -0.25) is 9.59 Å². The molecule has 0 spiro atoms. The normalized spacial score (nSPS) is 13.0. The second-order valence-corrected chi connectivity index (χ2v) is 6.65. The lowest BCUT2D eigenvalue weighted by Crippen LogP contribution is -2.38. The number of amides is 1. The summed E-state index contributed by atoms with van der Waals surface area (Å²) in [5, 5.41) is 2.91. The van der Waals surface area contributed by atoms with Crippen molar-refractivity contribution in [3.05, 3.63) is 71.8 Å². The molecule has 1 amide bonds. The summed E-state index contributed by atoms with van der Waals surface area (Å²) in [7, 11) is 0. The van der Waals surface area contributed by atoms with Gasteiger partial charge in [-0.05, 0) is 31.9 Å². The summed E-state index contributed by atoms with van der Waals surface area (Å²) in [4.78, 5) is 24.7. The number of nitrogens with one attached hydrogen (secondary N) is 1. The van der Waals surface area contributed by atoms with E-state index in [0.717, 1.165) is 11.1 Å². The van der Waals surface area contributed by atoms with Crippen molar-refractivity contribution in [1.82, 2.24) is 5.32 Å². The molecule has 2 aromatic rings. The molecule has 0 radical (unpaired) electrons. The first kappa shape index (κ1) is 20.6. The van der Waals surface area contributed by atoms with E-state index in [1.54, 1.807) is 20.8 Å². The van der Waals surface area contributed by atoms with Crippen LogP contribution in [0.4, 0.5) is 0 Å². The zero-order valence-electron chi connectivity index (χ0n) is 16.1. The van der Waals surface area contributed by atoms with Crippen LogP contribution in [-0.2, 0) is 25.7 Å². The van der Waals surface area contributed by atoms with E-state index < -0.39 is 12.1 Å². The number of ether oxygens (including phenoxy) is 2. The standard InChI is InChI=1S/C22H27NO4/c1-16(2)27-21(24)14-20(19-12-8-5-9-13-19)23-22(25)17(3)26-15-18-10-6-4-7-11-18/h4-13,16-17,20H,14-15H2,1-3H3,(H,23,25). The first-order chi connectivity index (χ1) is 13.0. The number of hydrogen-bond donors (Lipinski definition) is 1. The summed E-state index contributed by atoms with van der Waals surface area (Å²) < 4.78 is 10.9. The predicted molar refractivity (Wildman–Crippen MR) is 104 cm³/mol. The van der Waals surface area contributed by atoms with Crippen LogP contribution in [0, 0.1) is 0 Å².